The van der Waals surface area contributed by atoms with E-state index in [1.165, 1.54) is 0 Å². The largest absolute Gasteiger partial charge is 0.461 e. The SMILES string of the molecule is Cc1cc2[nH]ncc2c2c1CCCCC(=O)N1CC3CCN(CC3C1)c1nc(OC[C@@]34CCCN3C[C@H](F)C4)nc3c(F)c-2ncc13. The highest BCUT2D eigenvalue weighted by atomic mass is 19.1. The van der Waals surface area contributed by atoms with Crippen LogP contribution in [-0.4, -0.2) is 98.4 Å². The van der Waals surface area contributed by atoms with Crippen LogP contribution >= 0.6 is 0 Å². The number of alkyl halides is 1. The molecule has 0 spiro atoms. The first-order valence-electron chi connectivity index (χ1n) is 17.2. The minimum absolute atomic E-state index is 0.105. The Labute approximate surface area is 271 Å². The Morgan fingerprint density at radius 1 is 1.02 bits per heavy atom. The van der Waals surface area contributed by atoms with Gasteiger partial charge in [0.05, 0.1) is 22.6 Å². The molecule has 9 heterocycles. The van der Waals surface area contributed by atoms with Crippen molar-refractivity contribution in [3.05, 3.63) is 35.4 Å². The Balaban J connectivity index is 1.20. The number of pyridine rings is 1. The maximum atomic E-state index is 17.1. The van der Waals surface area contributed by atoms with Crippen LogP contribution in [0.1, 0.15) is 56.1 Å². The second-order valence-corrected chi connectivity index (χ2v) is 14.5. The number of carbonyl (C=O) groups excluding carboxylic acids is 1. The zero-order valence-corrected chi connectivity index (χ0v) is 26.8. The molecule has 6 aliphatic heterocycles. The molecule has 3 aromatic heterocycles. The van der Waals surface area contributed by atoms with Gasteiger partial charge < -0.3 is 14.5 Å². The van der Waals surface area contributed by atoms with E-state index in [1.54, 1.807) is 12.4 Å². The fourth-order valence-electron chi connectivity index (χ4n) is 9.31. The highest BCUT2D eigenvalue weighted by molar-refractivity contribution is 5.99. The summed E-state index contributed by atoms with van der Waals surface area (Å²) in [5.74, 6) is 1.05. The van der Waals surface area contributed by atoms with Crippen molar-refractivity contribution in [3.63, 3.8) is 0 Å². The molecule has 12 heteroatoms. The Kier molecular flexibility index (Phi) is 6.88. The molecule has 1 aromatic carbocycles. The number of amides is 1. The molecule has 4 fully saturated rings. The predicted molar refractivity (Wildman–Crippen MR) is 174 cm³/mol. The quantitative estimate of drug-likeness (QED) is 0.334. The summed E-state index contributed by atoms with van der Waals surface area (Å²) in [6, 6.07) is 2.15. The third-order valence-corrected chi connectivity index (χ3v) is 11.7. The van der Waals surface area contributed by atoms with Crippen LogP contribution in [0, 0.1) is 24.6 Å². The molecule has 4 aromatic rings. The number of halogens is 2. The molecule has 0 saturated carbocycles. The number of benzene rings is 1. The molecule has 10 rings (SSSR count). The van der Waals surface area contributed by atoms with E-state index in [4.69, 9.17) is 19.7 Å². The van der Waals surface area contributed by atoms with E-state index in [-0.39, 0.29) is 35.3 Å². The average molecular weight is 643 g/mol. The van der Waals surface area contributed by atoms with Crippen LogP contribution in [0.4, 0.5) is 14.6 Å². The van der Waals surface area contributed by atoms with Gasteiger partial charge in [0.15, 0.2) is 5.82 Å². The molecule has 47 heavy (non-hydrogen) atoms. The molecule has 10 nitrogen and oxygen atoms in total. The van der Waals surface area contributed by atoms with E-state index in [1.807, 2.05) is 13.0 Å². The molecular formula is C35H40F2N8O2. The zero-order chi connectivity index (χ0) is 31.9. The number of aromatic amines is 1. The van der Waals surface area contributed by atoms with E-state index < -0.39 is 12.0 Å². The van der Waals surface area contributed by atoms with Gasteiger partial charge in [-0.15, -0.1) is 0 Å². The van der Waals surface area contributed by atoms with Crippen molar-refractivity contribution in [2.24, 2.45) is 11.8 Å². The molecule has 7 bridgehead atoms. The summed E-state index contributed by atoms with van der Waals surface area (Å²) < 4.78 is 38.0. The topological polar surface area (TPSA) is 103 Å². The van der Waals surface area contributed by atoms with Gasteiger partial charge in [-0.05, 0) is 81.0 Å². The lowest BCUT2D eigenvalue weighted by Crippen LogP contribution is -2.43. The third-order valence-electron chi connectivity index (χ3n) is 11.7. The number of nitrogens with zero attached hydrogens (tertiary/aromatic N) is 7. The second kappa shape index (κ2) is 11.1. The Bertz CT molecular complexity index is 1900. The monoisotopic (exact) mass is 642 g/mol. The molecule has 1 amide bonds. The molecule has 1 N–H and O–H groups in total. The predicted octanol–water partition coefficient (Wildman–Crippen LogP) is 4.98. The summed E-state index contributed by atoms with van der Waals surface area (Å²) in [7, 11) is 0. The minimum Gasteiger partial charge on any atom is -0.461 e. The van der Waals surface area contributed by atoms with Crippen molar-refractivity contribution in [1.29, 1.82) is 0 Å². The number of nitrogens with one attached hydrogen (secondary N) is 1. The molecule has 246 valence electrons. The number of rotatable bonds is 3. The number of piperidine rings is 1. The van der Waals surface area contributed by atoms with Crippen LogP contribution < -0.4 is 9.64 Å². The number of hydrogen-bond acceptors (Lipinski definition) is 8. The molecule has 4 atom stereocenters. The number of fused-ring (bicyclic) bond motifs is 7. The van der Waals surface area contributed by atoms with E-state index in [2.05, 4.69) is 24.9 Å². The summed E-state index contributed by atoms with van der Waals surface area (Å²) in [5.41, 5.74) is 3.54. The molecule has 0 radical (unpaired) electrons. The fourth-order valence-corrected chi connectivity index (χ4v) is 9.31. The number of aromatic nitrogens is 5. The first-order valence-corrected chi connectivity index (χ1v) is 17.2. The lowest BCUT2D eigenvalue weighted by atomic mass is 9.88. The third kappa shape index (κ3) is 4.76. The van der Waals surface area contributed by atoms with Crippen LogP contribution in [0.3, 0.4) is 0 Å². The first kappa shape index (κ1) is 29.2. The van der Waals surface area contributed by atoms with Gasteiger partial charge in [0.2, 0.25) is 5.91 Å². The first-order chi connectivity index (χ1) is 22.9. The van der Waals surface area contributed by atoms with Gasteiger partial charge >= 0.3 is 6.01 Å². The average Bonchev–Trinajstić information content (AvgIpc) is 3.84. The minimum atomic E-state index is -0.878. The summed E-state index contributed by atoms with van der Waals surface area (Å²) in [4.78, 5) is 34.2. The normalized spacial score (nSPS) is 27.8. The van der Waals surface area contributed by atoms with Gasteiger partial charge in [-0.3, -0.25) is 19.8 Å². The summed E-state index contributed by atoms with van der Waals surface area (Å²) >= 11 is 0. The van der Waals surface area contributed by atoms with Gasteiger partial charge in [-0.1, -0.05) is 0 Å². The summed E-state index contributed by atoms with van der Waals surface area (Å²) in [6.45, 7) is 6.54. The molecule has 6 aliphatic rings. The van der Waals surface area contributed by atoms with Crippen molar-refractivity contribution >= 4 is 33.5 Å². The maximum absolute atomic E-state index is 17.1. The molecule has 2 unspecified atom stereocenters. The van der Waals surface area contributed by atoms with Crippen molar-refractivity contribution in [3.8, 4) is 17.3 Å². The highest BCUT2D eigenvalue weighted by Crippen LogP contribution is 2.42. The smallest absolute Gasteiger partial charge is 0.319 e. The second-order valence-electron chi connectivity index (χ2n) is 14.5. The van der Waals surface area contributed by atoms with Gasteiger partial charge in [-0.25, -0.2) is 8.78 Å². The van der Waals surface area contributed by atoms with Crippen LogP contribution in [0.15, 0.2) is 18.5 Å². The van der Waals surface area contributed by atoms with Crippen LogP contribution in [0.25, 0.3) is 33.1 Å². The van der Waals surface area contributed by atoms with E-state index >= 15 is 4.39 Å². The number of carbonyl (C=O) groups is 1. The maximum Gasteiger partial charge on any atom is 0.319 e. The number of aryl methyl sites for hydroxylation is 1. The van der Waals surface area contributed by atoms with Crippen LogP contribution in [0.5, 0.6) is 6.01 Å². The van der Waals surface area contributed by atoms with Gasteiger partial charge in [0, 0.05) is 62.7 Å². The number of hydrogen-bond donors (Lipinski definition) is 1. The van der Waals surface area contributed by atoms with E-state index in [0.29, 0.717) is 61.0 Å². The Morgan fingerprint density at radius 3 is 2.79 bits per heavy atom. The highest BCUT2D eigenvalue weighted by Gasteiger charge is 2.49. The number of ether oxygens (including phenoxy) is 1. The Hall–Kier alpha value is -3.93. The van der Waals surface area contributed by atoms with Gasteiger partial charge in [-0.2, -0.15) is 15.1 Å². The van der Waals surface area contributed by atoms with Crippen molar-refractivity contribution in [2.75, 3.05) is 50.8 Å². The Morgan fingerprint density at radius 2 is 1.87 bits per heavy atom. The molecule has 4 saturated heterocycles. The van der Waals surface area contributed by atoms with E-state index in [0.717, 1.165) is 80.3 Å². The molecular weight excluding hydrogens is 602 g/mol. The lowest BCUT2D eigenvalue weighted by Gasteiger charge is -2.35. The fraction of sp³-hybridized carbons (Fsp3) is 0.571. The standard InChI is InChI=1S/C35H40F2N8O2/c1-20-11-27-25(14-39-42-27)29-24(20)5-2-3-6-28(46)44-15-21-7-10-43(16-22(21)17-44)33-26-13-38-32(29)30(37)31(26)40-34(41-33)47-19-35-8-4-9-45(35)18-23(36)12-35/h11,13-14,21-23H,2-10,12,15-19H2,1H3,(H,39,42)/t21?,22?,23-,35+/m1/s1. The van der Waals surface area contributed by atoms with Crippen molar-refractivity contribution in [1.82, 2.24) is 34.9 Å². The number of anilines is 1. The van der Waals surface area contributed by atoms with E-state index in [9.17, 15) is 9.18 Å². The lowest BCUT2D eigenvalue weighted by molar-refractivity contribution is -0.130. The van der Waals surface area contributed by atoms with Crippen molar-refractivity contribution in [2.45, 2.75) is 70.0 Å². The van der Waals surface area contributed by atoms with Crippen LogP contribution in [-0.2, 0) is 11.2 Å². The number of H-pyrrole nitrogens is 1. The zero-order valence-electron chi connectivity index (χ0n) is 26.8. The van der Waals surface area contributed by atoms with Gasteiger partial charge in [0.25, 0.3) is 0 Å². The summed E-state index contributed by atoms with van der Waals surface area (Å²) in [6.07, 6.45) is 8.54. The van der Waals surface area contributed by atoms with Gasteiger partial charge in [0.1, 0.15) is 29.8 Å². The molecule has 0 aliphatic carbocycles. The van der Waals surface area contributed by atoms with Crippen LogP contribution in [0.2, 0.25) is 0 Å². The summed E-state index contributed by atoms with van der Waals surface area (Å²) in [5, 5.41) is 8.67. The van der Waals surface area contributed by atoms with Crippen molar-refractivity contribution < 1.29 is 18.3 Å².